The van der Waals surface area contributed by atoms with Gasteiger partial charge in [-0.15, -0.1) is 11.3 Å². The number of thiazole rings is 1. The molecule has 0 aliphatic rings. The number of hydrogen-bond acceptors (Lipinski definition) is 4. The second kappa shape index (κ2) is 4.83. The van der Waals surface area contributed by atoms with Gasteiger partial charge in [0.15, 0.2) is 0 Å². The lowest BCUT2D eigenvalue weighted by Gasteiger charge is -2.25. The van der Waals surface area contributed by atoms with Crippen LogP contribution in [0.3, 0.4) is 0 Å². The largest absolute Gasteiger partial charge is 0.480 e. The van der Waals surface area contributed by atoms with Crippen molar-refractivity contribution in [2.75, 3.05) is 7.05 Å². The molecule has 1 N–H and O–H groups in total. The van der Waals surface area contributed by atoms with Crippen molar-refractivity contribution in [1.29, 1.82) is 0 Å². The summed E-state index contributed by atoms with van der Waals surface area (Å²) in [7, 11) is 1.60. The average Bonchev–Trinajstić information content (AvgIpc) is 2.63. The Morgan fingerprint density at radius 3 is 2.53 bits per heavy atom. The molecule has 0 aliphatic carbocycles. The van der Waals surface area contributed by atoms with E-state index in [1.807, 2.05) is 6.92 Å². The van der Waals surface area contributed by atoms with E-state index < -0.39 is 17.3 Å². The van der Waals surface area contributed by atoms with Crippen molar-refractivity contribution >= 4 is 23.2 Å². The number of aliphatic carboxylic acids is 1. The van der Waals surface area contributed by atoms with Crippen molar-refractivity contribution in [2.24, 2.45) is 5.41 Å². The first kappa shape index (κ1) is 13.6. The first-order valence-corrected chi connectivity index (χ1v) is 6.02. The molecule has 0 radical (unpaired) electrons. The molecule has 0 atom stereocenters. The number of carboxylic acid groups (broad SMARTS) is 1. The molecule has 0 saturated carbocycles. The Morgan fingerprint density at radius 1 is 1.53 bits per heavy atom. The van der Waals surface area contributed by atoms with E-state index in [1.165, 1.54) is 30.1 Å². The van der Waals surface area contributed by atoms with Gasteiger partial charge in [-0.05, 0) is 20.8 Å². The highest BCUT2D eigenvalue weighted by atomic mass is 32.1. The van der Waals surface area contributed by atoms with Crippen molar-refractivity contribution in [2.45, 2.75) is 27.3 Å². The third-order valence-electron chi connectivity index (χ3n) is 2.64. The fourth-order valence-corrected chi connectivity index (χ4v) is 2.16. The van der Waals surface area contributed by atoms with Crippen LogP contribution in [0.25, 0.3) is 0 Å². The van der Waals surface area contributed by atoms with Gasteiger partial charge in [0.2, 0.25) is 5.91 Å². The minimum atomic E-state index is -1.40. The van der Waals surface area contributed by atoms with Crippen molar-refractivity contribution in [3.8, 4) is 0 Å². The number of amides is 1. The van der Waals surface area contributed by atoms with Crippen LogP contribution in [0.1, 0.15) is 24.4 Å². The van der Waals surface area contributed by atoms with E-state index in [9.17, 15) is 9.59 Å². The molecule has 1 rings (SSSR count). The molecular formula is C11H16N2O3S. The Morgan fingerprint density at radius 2 is 2.12 bits per heavy atom. The zero-order chi connectivity index (χ0) is 13.2. The number of carbonyl (C=O) groups excluding carboxylic acids is 1. The topological polar surface area (TPSA) is 70.5 Å². The molecule has 1 aromatic rings. The monoisotopic (exact) mass is 256 g/mol. The minimum absolute atomic E-state index is 0.395. The summed E-state index contributed by atoms with van der Waals surface area (Å²) in [5.41, 5.74) is 1.20. The standard InChI is InChI=1S/C11H16N2O3S/c1-7-8(17-6-12-7)5-13(4)9(14)11(2,3)10(15)16/h6H,5H2,1-4H3,(H,15,16). The number of carbonyl (C=O) groups is 2. The van der Waals surface area contributed by atoms with Gasteiger partial charge in [-0.1, -0.05) is 0 Å². The second-order valence-corrected chi connectivity index (χ2v) is 5.39. The van der Waals surface area contributed by atoms with Crippen LogP contribution in [-0.4, -0.2) is 33.9 Å². The Kier molecular flexibility index (Phi) is 3.87. The average molecular weight is 256 g/mol. The number of nitrogens with zero attached hydrogens (tertiary/aromatic N) is 2. The molecule has 17 heavy (non-hydrogen) atoms. The highest BCUT2D eigenvalue weighted by molar-refractivity contribution is 7.09. The zero-order valence-corrected chi connectivity index (χ0v) is 11.2. The van der Waals surface area contributed by atoms with Crippen molar-refractivity contribution in [1.82, 2.24) is 9.88 Å². The summed E-state index contributed by atoms with van der Waals surface area (Å²) >= 11 is 1.46. The molecule has 94 valence electrons. The Bertz CT molecular complexity index is 440. The number of carboxylic acids is 1. The molecule has 6 heteroatoms. The summed E-state index contributed by atoms with van der Waals surface area (Å²) in [6.07, 6.45) is 0. The van der Waals surface area contributed by atoms with E-state index in [0.717, 1.165) is 10.6 Å². The predicted molar refractivity (Wildman–Crippen MR) is 64.7 cm³/mol. The molecular weight excluding hydrogens is 240 g/mol. The van der Waals surface area contributed by atoms with E-state index in [0.29, 0.717) is 6.54 Å². The maximum absolute atomic E-state index is 12.0. The Labute approximate surface area is 104 Å². The van der Waals surface area contributed by atoms with Crippen LogP contribution in [0.4, 0.5) is 0 Å². The quantitative estimate of drug-likeness (QED) is 0.829. The van der Waals surface area contributed by atoms with E-state index in [1.54, 1.807) is 12.6 Å². The zero-order valence-electron chi connectivity index (χ0n) is 10.4. The number of hydrogen-bond donors (Lipinski definition) is 1. The lowest BCUT2D eigenvalue weighted by Crippen LogP contribution is -2.43. The molecule has 1 heterocycles. The smallest absolute Gasteiger partial charge is 0.318 e. The highest BCUT2D eigenvalue weighted by Gasteiger charge is 2.38. The van der Waals surface area contributed by atoms with Crippen molar-refractivity contribution in [3.05, 3.63) is 16.1 Å². The normalized spacial score (nSPS) is 11.3. The molecule has 1 amide bonds. The highest BCUT2D eigenvalue weighted by Crippen LogP contribution is 2.21. The van der Waals surface area contributed by atoms with Crippen LogP contribution in [0.15, 0.2) is 5.51 Å². The summed E-state index contributed by atoms with van der Waals surface area (Å²) in [6.45, 7) is 5.08. The maximum atomic E-state index is 12.0. The van der Waals surface area contributed by atoms with Gasteiger partial charge in [0, 0.05) is 11.9 Å². The first-order chi connectivity index (χ1) is 7.76. The molecule has 0 bridgehead atoms. The first-order valence-electron chi connectivity index (χ1n) is 5.14. The third kappa shape index (κ3) is 2.82. The summed E-state index contributed by atoms with van der Waals surface area (Å²) in [4.78, 5) is 29.4. The van der Waals surface area contributed by atoms with Crippen LogP contribution in [0, 0.1) is 12.3 Å². The molecule has 0 unspecified atom stereocenters. The van der Waals surface area contributed by atoms with Crippen molar-refractivity contribution in [3.63, 3.8) is 0 Å². The Hall–Kier alpha value is -1.43. The van der Waals surface area contributed by atoms with Crippen LogP contribution in [-0.2, 0) is 16.1 Å². The molecule has 0 aromatic carbocycles. The number of aryl methyl sites for hydroxylation is 1. The Balaban J connectivity index is 2.78. The van der Waals surface area contributed by atoms with Gasteiger partial charge in [-0.25, -0.2) is 4.98 Å². The molecule has 1 aromatic heterocycles. The van der Waals surface area contributed by atoms with Gasteiger partial charge < -0.3 is 10.0 Å². The van der Waals surface area contributed by atoms with E-state index in [2.05, 4.69) is 4.98 Å². The van der Waals surface area contributed by atoms with Crippen LogP contribution in [0.2, 0.25) is 0 Å². The molecule has 0 aliphatic heterocycles. The molecule has 0 fully saturated rings. The third-order valence-corrected chi connectivity index (χ3v) is 3.56. The number of rotatable bonds is 4. The molecule has 0 saturated heterocycles. The second-order valence-electron chi connectivity index (χ2n) is 4.45. The van der Waals surface area contributed by atoms with Gasteiger partial charge in [-0.3, -0.25) is 9.59 Å². The maximum Gasteiger partial charge on any atom is 0.318 e. The summed E-state index contributed by atoms with van der Waals surface area (Å²) in [5, 5.41) is 8.98. The van der Waals surface area contributed by atoms with Gasteiger partial charge in [0.1, 0.15) is 5.41 Å². The van der Waals surface area contributed by atoms with Gasteiger partial charge in [-0.2, -0.15) is 0 Å². The van der Waals surface area contributed by atoms with E-state index in [4.69, 9.17) is 5.11 Å². The van der Waals surface area contributed by atoms with Gasteiger partial charge in [0.05, 0.1) is 17.7 Å². The SMILES string of the molecule is Cc1ncsc1CN(C)C(=O)C(C)(C)C(=O)O. The van der Waals surface area contributed by atoms with Crippen LogP contribution in [0.5, 0.6) is 0 Å². The predicted octanol–water partition coefficient (Wildman–Crippen LogP) is 1.52. The van der Waals surface area contributed by atoms with Crippen molar-refractivity contribution < 1.29 is 14.7 Å². The van der Waals surface area contributed by atoms with Gasteiger partial charge in [0.25, 0.3) is 0 Å². The van der Waals surface area contributed by atoms with Crippen LogP contribution >= 0.6 is 11.3 Å². The summed E-state index contributed by atoms with van der Waals surface area (Å²) in [6, 6.07) is 0. The molecule has 5 nitrogen and oxygen atoms in total. The lowest BCUT2D eigenvalue weighted by molar-refractivity contribution is -0.157. The molecule has 0 spiro atoms. The minimum Gasteiger partial charge on any atom is -0.480 e. The lowest BCUT2D eigenvalue weighted by atomic mass is 9.92. The van der Waals surface area contributed by atoms with E-state index in [-0.39, 0.29) is 0 Å². The van der Waals surface area contributed by atoms with Crippen LogP contribution < -0.4 is 0 Å². The summed E-state index contributed by atoms with van der Waals surface area (Å²) in [5.74, 6) is -1.52. The fraction of sp³-hybridized carbons (Fsp3) is 0.545. The number of aromatic nitrogens is 1. The van der Waals surface area contributed by atoms with Gasteiger partial charge >= 0.3 is 5.97 Å². The van der Waals surface area contributed by atoms with E-state index >= 15 is 0 Å². The summed E-state index contributed by atoms with van der Waals surface area (Å²) < 4.78 is 0. The fourth-order valence-electron chi connectivity index (χ4n) is 1.33.